The smallest absolute Gasteiger partial charge is 0.0552 e. The molecule has 1 aromatic rings. The van der Waals surface area contributed by atoms with E-state index in [4.69, 9.17) is 0 Å². The van der Waals surface area contributed by atoms with E-state index in [1.807, 2.05) is 0 Å². The van der Waals surface area contributed by atoms with E-state index in [9.17, 15) is 0 Å². The summed E-state index contributed by atoms with van der Waals surface area (Å²) in [6, 6.07) is 10.1. The Hall–Kier alpha value is -1.08. The summed E-state index contributed by atoms with van der Waals surface area (Å²) in [5.74, 6) is 0. The van der Waals surface area contributed by atoms with E-state index in [0.717, 1.165) is 0 Å². The highest BCUT2D eigenvalue weighted by Gasteiger charge is 2.50. The molecule has 1 aromatic carbocycles. The molecule has 0 radical (unpaired) electrons. The third kappa shape index (κ3) is 1.05. The normalized spacial score (nSPS) is 33.9. The van der Waals surface area contributed by atoms with Crippen molar-refractivity contribution in [2.75, 3.05) is 6.54 Å². The van der Waals surface area contributed by atoms with E-state index >= 15 is 0 Å². The Kier molecular flexibility index (Phi) is 1.59. The van der Waals surface area contributed by atoms with E-state index in [-0.39, 0.29) is 0 Å². The fourth-order valence-electron chi connectivity index (χ4n) is 2.60. The van der Waals surface area contributed by atoms with Crippen LogP contribution < -0.4 is 0 Å². The molecule has 0 amide bonds. The molecule has 2 aliphatic heterocycles. The summed E-state index contributed by atoms with van der Waals surface area (Å²) in [5, 5.41) is 0. The van der Waals surface area contributed by atoms with Crippen LogP contribution in [0.25, 0.3) is 0 Å². The van der Waals surface area contributed by atoms with Crippen LogP contribution in [0.15, 0.2) is 35.9 Å². The van der Waals surface area contributed by atoms with E-state index < -0.39 is 0 Å². The molecule has 0 bridgehead atoms. The second-order valence-corrected chi connectivity index (χ2v) is 4.48. The van der Waals surface area contributed by atoms with Gasteiger partial charge in [-0.15, -0.1) is 0 Å². The second kappa shape index (κ2) is 2.71. The van der Waals surface area contributed by atoms with Crippen molar-refractivity contribution in [3.05, 3.63) is 47.0 Å². The van der Waals surface area contributed by atoms with Gasteiger partial charge in [0, 0.05) is 12.6 Å². The fourth-order valence-corrected chi connectivity index (χ4v) is 2.60. The average Bonchev–Trinajstić information content (AvgIpc) is 2.67. The number of rotatable bonds is 1. The van der Waals surface area contributed by atoms with Crippen molar-refractivity contribution in [2.24, 2.45) is 0 Å². The summed E-state index contributed by atoms with van der Waals surface area (Å²) in [7, 11) is 0. The predicted molar refractivity (Wildman–Crippen MR) is 58.2 cm³/mol. The molecule has 3 rings (SSSR count). The number of nitrogens with zero attached hydrogens (tertiary/aromatic N) is 1. The van der Waals surface area contributed by atoms with Crippen molar-refractivity contribution >= 4 is 0 Å². The third-order valence-corrected chi connectivity index (χ3v) is 3.37. The molecule has 1 nitrogen and oxygen atoms in total. The molecule has 3 atom stereocenters. The van der Waals surface area contributed by atoms with E-state index in [1.54, 1.807) is 0 Å². The number of hydrogen-bond donors (Lipinski definition) is 0. The van der Waals surface area contributed by atoms with Crippen LogP contribution in [0.2, 0.25) is 0 Å². The highest BCUT2D eigenvalue weighted by molar-refractivity contribution is 5.40. The van der Waals surface area contributed by atoms with Crippen LogP contribution in [0.5, 0.6) is 0 Å². The first-order valence-corrected chi connectivity index (χ1v) is 5.26. The maximum absolute atomic E-state index is 2.55. The molecule has 1 fully saturated rings. The Labute approximate surface area is 85.0 Å². The summed E-state index contributed by atoms with van der Waals surface area (Å²) in [5.41, 5.74) is 4.47. The number of benzene rings is 1. The van der Waals surface area contributed by atoms with E-state index in [2.05, 4.69) is 49.1 Å². The summed E-state index contributed by atoms with van der Waals surface area (Å²) < 4.78 is 0. The Morgan fingerprint density at radius 1 is 1.21 bits per heavy atom. The van der Waals surface area contributed by atoms with Crippen LogP contribution in [0.3, 0.4) is 0 Å². The Morgan fingerprint density at radius 3 is 2.64 bits per heavy atom. The zero-order chi connectivity index (χ0) is 9.71. The van der Waals surface area contributed by atoms with Gasteiger partial charge in [0.2, 0.25) is 0 Å². The van der Waals surface area contributed by atoms with Crippen LogP contribution in [0.4, 0.5) is 0 Å². The Balaban J connectivity index is 1.91. The molecule has 2 heterocycles. The van der Waals surface area contributed by atoms with Gasteiger partial charge in [-0.2, -0.15) is 0 Å². The van der Waals surface area contributed by atoms with Gasteiger partial charge in [-0.25, -0.2) is 0 Å². The lowest BCUT2D eigenvalue weighted by molar-refractivity contribution is 0.560. The zero-order valence-corrected chi connectivity index (χ0v) is 8.70. The van der Waals surface area contributed by atoms with Gasteiger partial charge in [0.1, 0.15) is 0 Å². The summed E-state index contributed by atoms with van der Waals surface area (Å²) in [6.07, 6.45) is 2.41. The molecule has 0 saturated carbocycles. The molecule has 14 heavy (non-hydrogen) atoms. The van der Waals surface area contributed by atoms with Crippen molar-refractivity contribution in [3.63, 3.8) is 0 Å². The summed E-state index contributed by atoms with van der Waals surface area (Å²) >= 11 is 0. The summed E-state index contributed by atoms with van der Waals surface area (Å²) in [4.78, 5) is 2.55. The van der Waals surface area contributed by atoms with Crippen molar-refractivity contribution < 1.29 is 0 Å². The molecule has 1 saturated heterocycles. The van der Waals surface area contributed by atoms with Crippen molar-refractivity contribution in [1.29, 1.82) is 0 Å². The molecule has 0 aliphatic carbocycles. The van der Waals surface area contributed by atoms with Gasteiger partial charge in [-0.05, 0) is 25.0 Å². The van der Waals surface area contributed by atoms with Crippen LogP contribution in [-0.4, -0.2) is 17.5 Å². The van der Waals surface area contributed by atoms with Crippen LogP contribution in [0.1, 0.15) is 24.1 Å². The minimum Gasteiger partial charge on any atom is -0.282 e. The van der Waals surface area contributed by atoms with Gasteiger partial charge < -0.3 is 0 Å². The number of aryl methyl sites for hydroxylation is 1. The van der Waals surface area contributed by atoms with Crippen molar-refractivity contribution in [2.45, 2.75) is 25.9 Å². The number of fused-ring (bicyclic) bond motifs is 1. The SMILES string of the molecule is CC1=CC2C(c3ccccc3C)N2C1. The van der Waals surface area contributed by atoms with Gasteiger partial charge in [0.25, 0.3) is 0 Å². The minimum atomic E-state index is 0.680. The maximum atomic E-state index is 2.55. The molecular formula is C13H15N. The first-order chi connectivity index (χ1) is 6.77. The van der Waals surface area contributed by atoms with Crippen LogP contribution in [0, 0.1) is 6.92 Å². The molecule has 3 unspecified atom stereocenters. The minimum absolute atomic E-state index is 0.680. The van der Waals surface area contributed by atoms with Gasteiger partial charge >= 0.3 is 0 Å². The van der Waals surface area contributed by atoms with Gasteiger partial charge in [0.15, 0.2) is 0 Å². The third-order valence-electron chi connectivity index (χ3n) is 3.37. The van der Waals surface area contributed by atoms with Crippen molar-refractivity contribution in [3.8, 4) is 0 Å². The molecule has 0 N–H and O–H groups in total. The van der Waals surface area contributed by atoms with Gasteiger partial charge in [0.05, 0.1) is 6.04 Å². The lowest BCUT2D eigenvalue weighted by atomic mass is 10.0. The quantitative estimate of drug-likeness (QED) is 0.480. The first-order valence-electron chi connectivity index (χ1n) is 5.26. The Morgan fingerprint density at radius 2 is 2.00 bits per heavy atom. The molecule has 72 valence electrons. The highest BCUT2D eigenvalue weighted by atomic mass is 15.4. The predicted octanol–water partition coefficient (Wildman–Crippen LogP) is 2.68. The van der Waals surface area contributed by atoms with Crippen LogP contribution >= 0.6 is 0 Å². The topological polar surface area (TPSA) is 3.01 Å². The Bertz CT molecular complexity index is 405. The second-order valence-electron chi connectivity index (χ2n) is 4.48. The molecular weight excluding hydrogens is 170 g/mol. The summed E-state index contributed by atoms with van der Waals surface area (Å²) in [6.45, 7) is 5.60. The van der Waals surface area contributed by atoms with Gasteiger partial charge in [-0.3, -0.25) is 4.90 Å². The molecule has 2 aliphatic rings. The zero-order valence-electron chi connectivity index (χ0n) is 8.70. The monoisotopic (exact) mass is 185 g/mol. The van der Waals surface area contributed by atoms with E-state index in [1.165, 1.54) is 23.2 Å². The van der Waals surface area contributed by atoms with Gasteiger partial charge in [-0.1, -0.05) is 35.9 Å². The average molecular weight is 185 g/mol. The highest BCUT2D eigenvalue weighted by Crippen LogP contribution is 2.48. The molecule has 0 aromatic heterocycles. The first kappa shape index (κ1) is 8.25. The number of hydrogen-bond acceptors (Lipinski definition) is 1. The van der Waals surface area contributed by atoms with Crippen molar-refractivity contribution in [1.82, 2.24) is 4.90 Å². The molecule has 1 heteroatoms. The van der Waals surface area contributed by atoms with E-state index in [0.29, 0.717) is 12.1 Å². The molecule has 0 spiro atoms. The standard InChI is InChI=1S/C13H15N/c1-9-7-12-13(14(12)8-9)11-6-4-3-5-10(11)2/h3-7,12-13H,8H2,1-2H3. The van der Waals surface area contributed by atoms with Crippen LogP contribution in [-0.2, 0) is 0 Å². The lowest BCUT2D eigenvalue weighted by Crippen LogP contribution is -2.00. The maximum Gasteiger partial charge on any atom is 0.0552 e. The lowest BCUT2D eigenvalue weighted by Gasteiger charge is -2.06. The largest absolute Gasteiger partial charge is 0.282 e. The fraction of sp³-hybridized carbons (Fsp3) is 0.385.